The number of hydrogen-bond acceptors (Lipinski definition) is 5. The van der Waals surface area contributed by atoms with Gasteiger partial charge in [-0.2, -0.15) is 0 Å². The van der Waals surface area contributed by atoms with Crippen LogP contribution in [-0.2, 0) is 9.53 Å². The Morgan fingerprint density at radius 2 is 1.60 bits per heavy atom. The molecule has 1 N–H and O–H groups in total. The van der Waals surface area contributed by atoms with Crippen LogP contribution in [0.15, 0.2) is 48.5 Å². The van der Waals surface area contributed by atoms with Crippen molar-refractivity contribution in [3.63, 3.8) is 0 Å². The molecule has 0 saturated carbocycles. The molecule has 25 heavy (non-hydrogen) atoms. The first-order valence-electron chi connectivity index (χ1n) is 7.92. The second-order valence-electron chi connectivity index (χ2n) is 5.22. The van der Waals surface area contributed by atoms with Crippen molar-refractivity contribution in [2.24, 2.45) is 0 Å². The maximum absolute atomic E-state index is 12.2. The number of amides is 1. The maximum atomic E-state index is 12.2. The van der Waals surface area contributed by atoms with Gasteiger partial charge in [-0.25, -0.2) is 4.79 Å². The van der Waals surface area contributed by atoms with Crippen molar-refractivity contribution in [3.05, 3.63) is 54.1 Å². The minimum Gasteiger partial charge on any atom is -0.497 e. The summed E-state index contributed by atoms with van der Waals surface area (Å²) in [7, 11) is 1.58. The zero-order valence-corrected chi connectivity index (χ0v) is 14.4. The van der Waals surface area contributed by atoms with E-state index in [9.17, 15) is 9.59 Å². The van der Waals surface area contributed by atoms with Gasteiger partial charge in [0.2, 0.25) is 0 Å². The monoisotopic (exact) mass is 343 g/mol. The van der Waals surface area contributed by atoms with Crippen LogP contribution in [0.5, 0.6) is 11.5 Å². The molecule has 0 fully saturated rings. The van der Waals surface area contributed by atoms with E-state index in [0.29, 0.717) is 29.4 Å². The van der Waals surface area contributed by atoms with Crippen molar-refractivity contribution in [1.29, 1.82) is 0 Å². The molecule has 2 aromatic rings. The second kappa shape index (κ2) is 8.73. The highest BCUT2D eigenvalue weighted by molar-refractivity contribution is 5.95. The van der Waals surface area contributed by atoms with Crippen molar-refractivity contribution >= 4 is 17.6 Å². The van der Waals surface area contributed by atoms with E-state index in [2.05, 4.69) is 5.32 Å². The molecule has 1 atom stereocenters. The molecule has 0 aliphatic carbocycles. The fourth-order valence-electron chi connectivity index (χ4n) is 2.06. The average molecular weight is 343 g/mol. The van der Waals surface area contributed by atoms with E-state index >= 15 is 0 Å². The van der Waals surface area contributed by atoms with E-state index in [0.717, 1.165) is 0 Å². The summed E-state index contributed by atoms with van der Waals surface area (Å²) in [5.41, 5.74) is 1.01. The molecular formula is C19H21NO5. The predicted molar refractivity (Wildman–Crippen MR) is 94.1 cm³/mol. The third kappa shape index (κ3) is 5.24. The van der Waals surface area contributed by atoms with Gasteiger partial charge in [-0.15, -0.1) is 0 Å². The number of anilines is 1. The maximum Gasteiger partial charge on any atom is 0.338 e. The lowest BCUT2D eigenvalue weighted by molar-refractivity contribution is -0.122. The van der Waals surface area contributed by atoms with Crippen molar-refractivity contribution in [3.8, 4) is 11.5 Å². The Kier molecular flexibility index (Phi) is 6.39. The van der Waals surface area contributed by atoms with Crippen LogP contribution in [0, 0.1) is 0 Å². The van der Waals surface area contributed by atoms with Gasteiger partial charge >= 0.3 is 5.97 Å². The molecule has 0 bridgehead atoms. The number of benzene rings is 2. The Labute approximate surface area is 146 Å². The Morgan fingerprint density at radius 1 is 1.00 bits per heavy atom. The summed E-state index contributed by atoms with van der Waals surface area (Å²) in [5, 5.41) is 2.74. The Balaban J connectivity index is 1.92. The number of methoxy groups -OCH3 is 1. The fraction of sp³-hybridized carbons (Fsp3) is 0.263. The topological polar surface area (TPSA) is 73.9 Å². The number of esters is 1. The minimum atomic E-state index is -0.682. The smallest absolute Gasteiger partial charge is 0.338 e. The summed E-state index contributed by atoms with van der Waals surface area (Å²) in [6, 6.07) is 13.5. The van der Waals surface area contributed by atoms with Crippen LogP contribution in [0.4, 0.5) is 5.69 Å². The molecule has 132 valence electrons. The van der Waals surface area contributed by atoms with E-state index in [1.54, 1.807) is 69.5 Å². The summed E-state index contributed by atoms with van der Waals surface area (Å²) >= 11 is 0. The van der Waals surface area contributed by atoms with Crippen LogP contribution in [0.2, 0.25) is 0 Å². The molecule has 6 heteroatoms. The fourth-order valence-corrected chi connectivity index (χ4v) is 2.06. The van der Waals surface area contributed by atoms with Crippen molar-refractivity contribution in [2.75, 3.05) is 19.0 Å². The van der Waals surface area contributed by atoms with Crippen molar-refractivity contribution < 1.29 is 23.8 Å². The highest BCUT2D eigenvalue weighted by Crippen LogP contribution is 2.19. The zero-order chi connectivity index (χ0) is 18.2. The largest absolute Gasteiger partial charge is 0.497 e. The summed E-state index contributed by atoms with van der Waals surface area (Å²) in [6.45, 7) is 3.72. The summed E-state index contributed by atoms with van der Waals surface area (Å²) in [4.78, 5) is 23.8. The molecule has 0 aliphatic rings. The predicted octanol–water partition coefficient (Wildman–Crippen LogP) is 3.28. The normalized spacial score (nSPS) is 11.3. The van der Waals surface area contributed by atoms with Gasteiger partial charge in [-0.1, -0.05) is 0 Å². The Bertz CT molecular complexity index is 710. The van der Waals surface area contributed by atoms with Crippen molar-refractivity contribution in [2.45, 2.75) is 20.0 Å². The van der Waals surface area contributed by atoms with E-state index in [1.807, 2.05) is 0 Å². The first-order valence-corrected chi connectivity index (χ1v) is 7.92. The molecule has 0 aromatic heterocycles. The number of carbonyl (C=O) groups excluding carboxylic acids is 2. The van der Waals surface area contributed by atoms with Crippen LogP contribution in [0.25, 0.3) is 0 Å². The van der Waals surface area contributed by atoms with E-state index in [-0.39, 0.29) is 5.91 Å². The third-order valence-electron chi connectivity index (χ3n) is 3.41. The molecule has 0 radical (unpaired) electrons. The van der Waals surface area contributed by atoms with Crippen LogP contribution >= 0.6 is 0 Å². The molecule has 1 amide bonds. The third-order valence-corrected chi connectivity index (χ3v) is 3.41. The first-order chi connectivity index (χ1) is 12.0. The number of rotatable bonds is 7. The second-order valence-corrected chi connectivity index (χ2v) is 5.22. The van der Waals surface area contributed by atoms with Crippen LogP contribution < -0.4 is 14.8 Å². The molecule has 0 unspecified atom stereocenters. The van der Waals surface area contributed by atoms with Crippen LogP contribution in [0.1, 0.15) is 24.2 Å². The molecule has 0 heterocycles. The van der Waals surface area contributed by atoms with Gasteiger partial charge in [0.1, 0.15) is 11.5 Å². The van der Waals surface area contributed by atoms with Gasteiger partial charge in [0, 0.05) is 5.69 Å². The number of ether oxygens (including phenoxy) is 3. The zero-order valence-electron chi connectivity index (χ0n) is 14.4. The lowest BCUT2D eigenvalue weighted by atomic mass is 10.2. The highest BCUT2D eigenvalue weighted by atomic mass is 16.5. The van der Waals surface area contributed by atoms with E-state index in [1.165, 1.54) is 0 Å². The lowest BCUT2D eigenvalue weighted by Crippen LogP contribution is -2.30. The molecule has 2 aromatic carbocycles. The average Bonchev–Trinajstić information content (AvgIpc) is 2.63. The molecule has 0 saturated heterocycles. The van der Waals surface area contributed by atoms with Crippen LogP contribution in [0.3, 0.4) is 0 Å². The van der Waals surface area contributed by atoms with Crippen LogP contribution in [-0.4, -0.2) is 31.7 Å². The van der Waals surface area contributed by atoms with Gasteiger partial charge < -0.3 is 19.5 Å². The van der Waals surface area contributed by atoms with Gasteiger partial charge in [-0.3, -0.25) is 4.79 Å². The number of hydrogen-bond donors (Lipinski definition) is 1. The molecule has 6 nitrogen and oxygen atoms in total. The van der Waals surface area contributed by atoms with Crippen molar-refractivity contribution in [1.82, 2.24) is 0 Å². The van der Waals surface area contributed by atoms with Gasteiger partial charge in [0.05, 0.1) is 19.3 Å². The number of nitrogens with one attached hydrogen (secondary N) is 1. The van der Waals surface area contributed by atoms with Gasteiger partial charge in [-0.05, 0) is 62.4 Å². The van der Waals surface area contributed by atoms with Gasteiger partial charge in [0.15, 0.2) is 6.10 Å². The summed E-state index contributed by atoms with van der Waals surface area (Å²) < 4.78 is 15.6. The molecule has 0 aliphatic heterocycles. The number of carbonyl (C=O) groups is 2. The summed E-state index contributed by atoms with van der Waals surface area (Å²) in [6.07, 6.45) is -0.682. The molecular weight excluding hydrogens is 322 g/mol. The first kappa shape index (κ1) is 18.3. The lowest BCUT2D eigenvalue weighted by Gasteiger charge is -2.15. The molecule has 2 rings (SSSR count). The summed E-state index contributed by atoms with van der Waals surface area (Å²) in [5.74, 6) is 0.600. The SMILES string of the molecule is CCOC(=O)c1ccc(NC(=O)[C@H](C)Oc2ccc(OC)cc2)cc1. The Hall–Kier alpha value is -3.02. The highest BCUT2D eigenvalue weighted by Gasteiger charge is 2.15. The Morgan fingerprint density at radius 3 is 2.16 bits per heavy atom. The van der Waals surface area contributed by atoms with E-state index in [4.69, 9.17) is 14.2 Å². The standard InChI is InChI=1S/C19H21NO5/c1-4-24-19(22)14-5-7-15(8-6-14)20-18(21)13(2)25-17-11-9-16(23-3)10-12-17/h5-13H,4H2,1-3H3,(H,20,21)/t13-/m0/s1. The van der Waals surface area contributed by atoms with Gasteiger partial charge in [0.25, 0.3) is 5.91 Å². The van der Waals surface area contributed by atoms with E-state index < -0.39 is 12.1 Å². The minimum absolute atomic E-state index is 0.292. The molecule has 0 spiro atoms. The quantitative estimate of drug-likeness (QED) is 0.781.